The molecule has 1 amide bonds. The number of hydrogen-bond donors (Lipinski definition) is 1. The summed E-state index contributed by atoms with van der Waals surface area (Å²) < 4.78 is 40.3. The molecular formula is C20H25FN2O3S. The van der Waals surface area contributed by atoms with E-state index in [1.54, 1.807) is 45.0 Å². The molecule has 0 aliphatic heterocycles. The van der Waals surface area contributed by atoms with Crippen molar-refractivity contribution in [2.75, 3.05) is 19.6 Å². The summed E-state index contributed by atoms with van der Waals surface area (Å²) in [5.41, 5.74) is 1.50. The van der Waals surface area contributed by atoms with Gasteiger partial charge in [0, 0.05) is 25.2 Å². The molecule has 0 radical (unpaired) electrons. The Balaban J connectivity index is 2.15. The quantitative estimate of drug-likeness (QED) is 0.751. The van der Waals surface area contributed by atoms with E-state index < -0.39 is 10.0 Å². The van der Waals surface area contributed by atoms with E-state index in [2.05, 4.69) is 5.32 Å². The van der Waals surface area contributed by atoms with E-state index in [4.69, 9.17) is 0 Å². The van der Waals surface area contributed by atoms with E-state index in [0.717, 1.165) is 0 Å². The van der Waals surface area contributed by atoms with Crippen molar-refractivity contribution in [3.05, 3.63) is 65.0 Å². The number of aryl methyl sites for hydroxylation is 1. The van der Waals surface area contributed by atoms with Crippen LogP contribution in [0.15, 0.2) is 47.4 Å². The number of nitrogens with zero attached hydrogens (tertiary/aromatic N) is 1. The summed E-state index contributed by atoms with van der Waals surface area (Å²) >= 11 is 0. The molecule has 0 atom stereocenters. The molecule has 0 aliphatic carbocycles. The first-order valence-electron chi connectivity index (χ1n) is 8.93. The summed E-state index contributed by atoms with van der Waals surface area (Å²) in [6.07, 6.45) is 0.356. The van der Waals surface area contributed by atoms with Gasteiger partial charge in [0.1, 0.15) is 5.82 Å². The molecular weight excluding hydrogens is 367 g/mol. The van der Waals surface area contributed by atoms with E-state index in [9.17, 15) is 17.6 Å². The van der Waals surface area contributed by atoms with Crippen molar-refractivity contribution >= 4 is 15.9 Å². The molecule has 0 fully saturated rings. The largest absolute Gasteiger partial charge is 0.352 e. The maximum Gasteiger partial charge on any atom is 0.251 e. The van der Waals surface area contributed by atoms with Crippen molar-refractivity contribution in [3.8, 4) is 0 Å². The minimum absolute atomic E-state index is 0.0936. The Labute approximate surface area is 160 Å². The molecule has 2 aromatic rings. The van der Waals surface area contributed by atoms with Crippen molar-refractivity contribution < 1.29 is 17.6 Å². The summed E-state index contributed by atoms with van der Waals surface area (Å²) in [7, 11) is -3.64. The molecule has 0 bridgehead atoms. The molecule has 146 valence electrons. The number of benzene rings is 2. The van der Waals surface area contributed by atoms with Gasteiger partial charge in [-0.15, -0.1) is 0 Å². The van der Waals surface area contributed by atoms with Crippen LogP contribution in [0.4, 0.5) is 4.39 Å². The van der Waals surface area contributed by atoms with Crippen molar-refractivity contribution in [1.29, 1.82) is 0 Å². The van der Waals surface area contributed by atoms with Crippen LogP contribution in [-0.4, -0.2) is 38.3 Å². The number of carbonyl (C=O) groups excluding carboxylic acids is 1. The molecule has 2 aromatic carbocycles. The molecule has 2 rings (SSSR count). The molecule has 0 saturated heterocycles. The standard InChI is InChI=1S/C20H25FN2O3S/c1-4-23(5-2)27(25,26)17-11-10-15(3)18(14-17)20(24)22-13-12-16-8-6-7-9-19(16)21/h6-11,14H,4-5,12-13H2,1-3H3,(H,22,24). The molecule has 0 aliphatic rings. The lowest BCUT2D eigenvalue weighted by atomic mass is 10.1. The lowest BCUT2D eigenvalue weighted by Crippen LogP contribution is -2.31. The second-order valence-electron chi connectivity index (χ2n) is 6.16. The van der Waals surface area contributed by atoms with Gasteiger partial charge in [-0.2, -0.15) is 4.31 Å². The van der Waals surface area contributed by atoms with Crippen molar-refractivity contribution in [2.45, 2.75) is 32.1 Å². The summed E-state index contributed by atoms with van der Waals surface area (Å²) in [5.74, 6) is -0.685. The molecule has 0 unspecified atom stereocenters. The highest BCUT2D eigenvalue weighted by atomic mass is 32.2. The number of hydrogen-bond acceptors (Lipinski definition) is 3. The minimum atomic E-state index is -3.64. The summed E-state index contributed by atoms with van der Waals surface area (Å²) in [5, 5.41) is 2.74. The Bertz CT molecular complexity index is 909. The first kappa shape index (κ1) is 21.1. The van der Waals surface area contributed by atoms with Crippen molar-refractivity contribution in [2.24, 2.45) is 0 Å². The van der Waals surface area contributed by atoms with Crippen LogP contribution < -0.4 is 5.32 Å². The van der Waals surface area contributed by atoms with Crippen LogP contribution in [0.5, 0.6) is 0 Å². The highest BCUT2D eigenvalue weighted by molar-refractivity contribution is 7.89. The van der Waals surface area contributed by atoms with E-state index >= 15 is 0 Å². The third kappa shape index (κ3) is 4.93. The monoisotopic (exact) mass is 392 g/mol. The molecule has 0 aromatic heterocycles. The van der Waals surface area contributed by atoms with Gasteiger partial charge in [-0.25, -0.2) is 12.8 Å². The predicted molar refractivity (Wildman–Crippen MR) is 104 cm³/mol. The average Bonchev–Trinajstić information content (AvgIpc) is 2.64. The van der Waals surface area contributed by atoms with E-state index in [1.165, 1.54) is 22.5 Å². The van der Waals surface area contributed by atoms with Crippen LogP contribution in [-0.2, 0) is 16.4 Å². The molecule has 1 N–H and O–H groups in total. The van der Waals surface area contributed by atoms with Crippen molar-refractivity contribution in [3.63, 3.8) is 0 Å². The maximum atomic E-state index is 13.6. The third-order valence-corrected chi connectivity index (χ3v) is 6.48. The lowest BCUT2D eigenvalue weighted by Gasteiger charge is -2.19. The lowest BCUT2D eigenvalue weighted by molar-refractivity contribution is 0.0953. The summed E-state index contributed by atoms with van der Waals surface area (Å²) in [6.45, 7) is 6.26. The SMILES string of the molecule is CCN(CC)S(=O)(=O)c1ccc(C)c(C(=O)NCCc2ccccc2F)c1. The molecule has 0 heterocycles. The number of halogens is 1. The van der Waals surface area contributed by atoms with Crippen LogP contribution in [0.25, 0.3) is 0 Å². The zero-order chi connectivity index (χ0) is 20.0. The fourth-order valence-corrected chi connectivity index (χ4v) is 4.31. The number of carbonyl (C=O) groups is 1. The van der Waals surface area contributed by atoms with Gasteiger partial charge < -0.3 is 5.32 Å². The van der Waals surface area contributed by atoms with Gasteiger partial charge in [-0.1, -0.05) is 38.1 Å². The molecule has 0 spiro atoms. The molecule has 27 heavy (non-hydrogen) atoms. The Morgan fingerprint density at radius 1 is 1.11 bits per heavy atom. The minimum Gasteiger partial charge on any atom is -0.352 e. The molecule has 5 nitrogen and oxygen atoms in total. The van der Waals surface area contributed by atoms with Gasteiger partial charge in [0.2, 0.25) is 10.0 Å². The topological polar surface area (TPSA) is 66.5 Å². The fourth-order valence-electron chi connectivity index (χ4n) is 2.83. The van der Waals surface area contributed by atoms with Gasteiger partial charge in [0.25, 0.3) is 5.91 Å². The predicted octanol–water partition coefficient (Wildman–Crippen LogP) is 3.14. The van der Waals surface area contributed by atoms with Gasteiger partial charge in [-0.3, -0.25) is 4.79 Å². The second kappa shape index (κ2) is 9.10. The van der Waals surface area contributed by atoms with E-state index in [0.29, 0.717) is 36.2 Å². The molecule has 7 heteroatoms. The Morgan fingerprint density at radius 2 is 1.78 bits per heavy atom. The first-order chi connectivity index (χ1) is 12.8. The van der Waals surface area contributed by atoms with Gasteiger partial charge in [-0.05, 0) is 42.7 Å². The second-order valence-corrected chi connectivity index (χ2v) is 8.10. The fraction of sp³-hybridized carbons (Fsp3) is 0.350. The maximum absolute atomic E-state index is 13.6. The van der Waals surface area contributed by atoms with Crippen LogP contribution >= 0.6 is 0 Å². The van der Waals surface area contributed by atoms with Crippen LogP contribution in [0, 0.1) is 12.7 Å². The summed E-state index contributed by atoms with van der Waals surface area (Å²) in [6, 6.07) is 10.9. The normalized spacial score (nSPS) is 11.6. The zero-order valence-electron chi connectivity index (χ0n) is 15.8. The van der Waals surface area contributed by atoms with Crippen LogP contribution in [0.2, 0.25) is 0 Å². The average molecular weight is 392 g/mol. The highest BCUT2D eigenvalue weighted by Gasteiger charge is 2.23. The highest BCUT2D eigenvalue weighted by Crippen LogP contribution is 2.19. The molecule has 0 saturated carbocycles. The van der Waals surface area contributed by atoms with Gasteiger partial charge in [0.15, 0.2) is 0 Å². The number of amides is 1. The van der Waals surface area contributed by atoms with E-state index in [-0.39, 0.29) is 23.2 Å². The zero-order valence-corrected chi connectivity index (χ0v) is 16.6. The third-order valence-electron chi connectivity index (χ3n) is 4.43. The smallest absolute Gasteiger partial charge is 0.251 e. The van der Waals surface area contributed by atoms with Crippen LogP contribution in [0.1, 0.15) is 35.3 Å². The first-order valence-corrected chi connectivity index (χ1v) is 10.4. The Kier molecular flexibility index (Phi) is 7.10. The summed E-state index contributed by atoms with van der Waals surface area (Å²) in [4.78, 5) is 12.6. The Morgan fingerprint density at radius 3 is 2.41 bits per heavy atom. The van der Waals surface area contributed by atoms with Crippen LogP contribution in [0.3, 0.4) is 0 Å². The Hall–Kier alpha value is -2.25. The van der Waals surface area contributed by atoms with E-state index in [1.807, 2.05) is 0 Å². The van der Waals surface area contributed by atoms with Gasteiger partial charge in [0.05, 0.1) is 4.90 Å². The van der Waals surface area contributed by atoms with Gasteiger partial charge >= 0.3 is 0 Å². The number of nitrogens with one attached hydrogen (secondary N) is 1. The van der Waals surface area contributed by atoms with Crippen molar-refractivity contribution in [1.82, 2.24) is 9.62 Å². The number of sulfonamides is 1. The number of rotatable bonds is 8.